The van der Waals surface area contributed by atoms with Gasteiger partial charge in [-0.2, -0.15) is 0 Å². The third-order valence-electron chi connectivity index (χ3n) is 3.14. The topological polar surface area (TPSA) is 26.3 Å². The molecule has 2 heteroatoms. The Hall–Kier alpha value is -0.790. The van der Waals surface area contributed by atoms with E-state index in [1.807, 2.05) is 20.8 Å². The van der Waals surface area contributed by atoms with Crippen LogP contribution in [0.1, 0.15) is 66.7 Å². The summed E-state index contributed by atoms with van der Waals surface area (Å²) in [4.78, 5) is 11.6. The number of rotatable bonds is 3. The highest BCUT2D eigenvalue weighted by Crippen LogP contribution is 2.35. The van der Waals surface area contributed by atoms with Crippen molar-refractivity contribution in [3.8, 4) is 0 Å². The van der Waals surface area contributed by atoms with Crippen molar-refractivity contribution in [3.63, 3.8) is 0 Å². The van der Waals surface area contributed by atoms with Crippen molar-refractivity contribution < 1.29 is 9.53 Å². The summed E-state index contributed by atoms with van der Waals surface area (Å²) in [5.41, 5.74) is 1.50. The molecule has 0 aliphatic heterocycles. The van der Waals surface area contributed by atoms with E-state index in [0.717, 1.165) is 19.3 Å². The zero-order chi connectivity index (χ0) is 13.1. The number of hydrogen-bond donors (Lipinski definition) is 0. The zero-order valence-electron chi connectivity index (χ0n) is 11.9. The maximum absolute atomic E-state index is 11.6. The van der Waals surface area contributed by atoms with Crippen LogP contribution in [0.4, 0.5) is 0 Å². The van der Waals surface area contributed by atoms with Crippen molar-refractivity contribution in [2.45, 2.75) is 72.3 Å². The normalized spacial score (nSPS) is 19.7. The molecule has 0 bridgehead atoms. The van der Waals surface area contributed by atoms with Crippen LogP contribution in [0.25, 0.3) is 0 Å². The second-order valence-electron chi connectivity index (χ2n) is 6.82. The first-order valence-electron chi connectivity index (χ1n) is 6.58. The fourth-order valence-corrected chi connectivity index (χ4v) is 2.01. The van der Waals surface area contributed by atoms with E-state index in [1.165, 1.54) is 12.0 Å². The van der Waals surface area contributed by atoms with Gasteiger partial charge < -0.3 is 4.74 Å². The van der Waals surface area contributed by atoms with Gasteiger partial charge in [-0.05, 0) is 51.9 Å². The molecule has 1 aliphatic carbocycles. The fourth-order valence-electron chi connectivity index (χ4n) is 2.01. The van der Waals surface area contributed by atoms with Crippen LogP contribution in [0, 0.1) is 5.41 Å². The van der Waals surface area contributed by atoms with E-state index in [1.54, 1.807) is 0 Å². The molecule has 0 saturated carbocycles. The summed E-state index contributed by atoms with van der Waals surface area (Å²) in [6.45, 7) is 10.3. The third-order valence-corrected chi connectivity index (χ3v) is 3.14. The zero-order valence-corrected chi connectivity index (χ0v) is 11.9. The smallest absolute Gasteiger partial charge is 0.306 e. The van der Waals surface area contributed by atoms with Gasteiger partial charge in [-0.15, -0.1) is 0 Å². The molecule has 1 rings (SSSR count). The van der Waals surface area contributed by atoms with Crippen LogP contribution in [-0.4, -0.2) is 11.6 Å². The van der Waals surface area contributed by atoms with E-state index in [0.29, 0.717) is 11.8 Å². The second-order valence-corrected chi connectivity index (χ2v) is 6.82. The van der Waals surface area contributed by atoms with Crippen molar-refractivity contribution in [1.82, 2.24) is 0 Å². The maximum atomic E-state index is 11.6. The van der Waals surface area contributed by atoms with E-state index >= 15 is 0 Å². The first-order chi connectivity index (χ1) is 7.68. The number of carbonyl (C=O) groups excluding carboxylic acids is 1. The second kappa shape index (κ2) is 5.24. The monoisotopic (exact) mass is 238 g/mol. The molecule has 0 heterocycles. The molecule has 0 aromatic carbocycles. The van der Waals surface area contributed by atoms with Crippen molar-refractivity contribution >= 4 is 5.97 Å². The first kappa shape index (κ1) is 14.3. The maximum Gasteiger partial charge on any atom is 0.306 e. The van der Waals surface area contributed by atoms with Crippen LogP contribution in [0.15, 0.2) is 11.6 Å². The highest BCUT2D eigenvalue weighted by Gasteiger charge is 2.22. The summed E-state index contributed by atoms with van der Waals surface area (Å²) in [5.74, 6) is -0.0803. The molecule has 0 unspecified atom stereocenters. The van der Waals surface area contributed by atoms with E-state index in [4.69, 9.17) is 4.74 Å². The summed E-state index contributed by atoms with van der Waals surface area (Å²) < 4.78 is 5.30. The Kier molecular flexibility index (Phi) is 4.40. The van der Waals surface area contributed by atoms with Gasteiger partial charge in [-0.1, -0.05) is 25.5 Å². The lowest BCUT2D eigenvalue weighted by molar-refractivity contribution is -0.154. The average molecular weight is 238 g/mol. The molecule has 0 amide bonds. The molecule has 17 heavy (non-hydrogen) atoms. The molecule has 0 aromatic rings. The molecule has 0 N–H and O–H groups in total. The summed E-state index contributed by atoms with van der Waals surface area (Å²) in [5, 5.41) is 0. The third kappa shape index (κ3) is 5.90. The molecule has 0 spiro atoms. The summed E-state index contributed by atoms with van der Waals surface area (Å²) in [6, 6.07) is 0. The van der Waals surface area contributed by atoms with E-state index in [-0.39, 0.29) is 11.6 Å². The van der Waals surface area contributed by atoms with Crippen molar-refractivity contribution in [2.75, 3.05) is 0 Å². The Bertz CT molecular complexity index is 305. The Morgan fingerprint density at radius 1 is 1.41 bits per heavy atom. The van der Waals surface area contributed by atoms with E-state index < -0.39 is 0 Å². The van der Waals surface area contributed by atoms with Crippen molar-refractivity contribution in [1.29, 1.82) is 0 Å². The van der Waals surface area contributed by atoms with E-state index in [2.05, 4.69) is 19.9 Å². The lowest BCUT2D eigenvalue weighted by Crippen LogP contribution is -2.23. The van der Waals surface area contributed by atoms with E-state index in [9.17, 15) is 4.79 Å². The van der Waals surface area contributed by atoms with Crippen LogP contribution in [0.5, 0.6) is 0 Å². The molecular weight excluding hydrogens is 212 g/mol. The quantitative estimate of drug-likeness (QED) is 0.543. The van der Waals surface area contributed by atoms with Crippen LogP contribution < -0.4 is 0 Å². The van der Waals surface area contributed by atoms with Gasteiger partial charge in [0.25, 0.3) is 0 Å². The SMILES string of the molecule is CC1(C)CC=C(CCC(=O)OC(C)(C)C)CC1. The number of allylic oxidation sites excluding steroid dienone is 2. The van der Waals surface area contributed by atoms with Gasteiger partial charge in [0, 0.05) is 6.42 Å². The van der Waals surface area contributed by atoms with Crippen molar-refractivity contribution in [3.05, 3.63) is 11.6 Å². The van der Waals surface area contributed by atoms with Crippen molar-refractivity contribution in [2.24, 2.45) is 5.41 Å². The summed E-state index contributed by atoms with van der Waals surface area (Å²) in [7, 11) is 0. The van der Waals surface area contributed by atoms with Gasteiger partial charge >= 0.3 is 5.97 Å². The minimum Gasteiger partial charge on any atom is -0.460 e. The number of carbonyl (C=O) groups is 1. The van der Waals surface area contributed by atoms with Gasteiger partial charge in [0.05, 0.1) is 0 Å². The Morgan fingerprint density at radius 2 is 2.06 bits per heavy atom. The van der Waals surface area contributed by atoms with Gasteiger partial charge in [0.2, 0.25) is 0 Å². The largest absolute Gasteiger partial charge is 0.460 e. The molecule has 0 fully saturated rings. The van der Waals surface area contributed by atoms with Crippen LogP contribution in [-0.2, 0) is 9.53 Å². The van der Waals surface area contributed by atoms with Gasteiger partial charge in [-0.3, -0.25) is 4.79 Å². The number of esters is 1. The molecule has 2 nitrogen and oxygen atoms in total. The van der Waals surface area contributed by atoms with Gasteiger partial charge in [0.15, 0.2) is 0 Å². The summed E-state index contributed by atoms with van der Waals surface area (Å²) in [6.07, 6.45) is 7.20. The molecule has 0 atom stereocenters. The Morgan fingerprint density at radius 3 is 2.53 bits per heavy atom. The molecule has 0 radical (unpaired) electrons. The standard InChI is InChI=1S/C15H26O2/c1-14(2,3)17-13(16)7-6-12-8-10-15(4,5)11-9-12/h8H,6-7,9-11H2,1-5H3. The Labute approximate surface area is 105 Å². The molecule has 0 aromatic heterocycles. The van der Waals surface area contributed by atoms with Gasteiger partial charge in [0.1, 0.15) is 5.60 Å². The minimum absolute atomic E-state index is 0.0803. The average Bonchev–Trinajstić information content (AvgIpc) is 2.13. The predicted molar refractivity (Wildman–Crippen MR) is 70.8 cm³/mol. The Balaban J connectivity index is 2.33. The summed E-state index contributed by atoms with van der Waals surface area (Å²) >= 11 is 0. The number of ether oxygens (including phenoxy) is 1. The lowest BCUT2D eigenvalue weighted by Gasteiger charge is -2.28. The number of hydrogen-bond acceptors (Lipinski definition) is 2. The fraction of sp³-hybridized carbons (Fsp3) is 0.800. The minimum atomic E-state index is -0.361. The lowest BCUT2D eigenvalue weighted by atomic mass is 9.77. The van der Waals surface area contributed by atoms with Crippen LogP contribution in [0.2, 0.25) is 0 Å². The molecule has 98 valence electrons. The highest BCUT2D eigenvalue weighted by molar-refractivity contribution is 5.70. The van der Waals surface area contributed by atoms with Crippen LogP contribution >= 0.6 is 0 Å². The van der Waals surface area contributed by atoms with Gasteiger partial charge in [-0.25, -0.2) is 0 Å². The predicted octanol–water partition coefficient (Wildman–Crippen LogP) is 4.24. The van der Waals surface area contributed by atoms with Crippen LogP contribution in [0.3, 0.4) is 0 Å². The molecule has 0 saturated heterocycles. The molecule has 1 aliphatic rings. The molecular formula is C15H26O2. The highest BCUT2D eigenvalue weighted by atomic mass is 16.6. The first-order valence-corrected chi connectivity index (χ1v) is 6.58.